The van der Waals surface area contributed by atoms with E-state index in [1.807, 2.05) is 11.8 Å². The Labute approximate surface area is 194 Å². The fraction of sp³-hybridized carbons (Fsp3) is 0.917. The fourth-order valence-corrected chi connectivity index (χ4v) is 7.15. The summed E-state index contributed by atoms with van der Waals surface area (Å²) in [6.45, 7) is 6.38. The highest BCUT2D eigenvalue weighted by molar-refractivity contribution is 7.88. The van der Waals surface area contributed by atoms with Crippen molar-refractivity contribution in [1.29, 1.82) is 0 Å². The Hall–Kier alpha value is -1.15. The van der Waals surface area contributed by atoms with E-state index in [-0.39, 0.29) is 29.8 Å². The van der Waals surface area contributed by atoms with Crippen LogP contribution in [0.4, 0.5) is 0 Å². The van der Waals surface area contributed by atoms with Crippen LogP contribution in [0.25, 0.3) is 0 Å². The summed E-state index contributed by atoms with van der Waals surface area (Å²) in [5, 5.41) is 0. The Balaban J connectivity index is 1.36. The lowest BCUT2D eigenvalue weighted by Gasteiger charge is -2.27. The van der Waals surface area contributed by atoms with Gasteiger partial charge in [-0.3, -0.25) is 9.59 Å². The molecule has 32 heavy (non-hydrogen) atoms. The molecule has 0 unspecified atom stereocenters. The lowest BCUT2D eigenvalue weighted by molar-refractivity contribution is -0.134. The number of fused-ring (bicyclic) bond motifs is 1. The molecule has 7 nitrogen and oxygen atoms in total. The number of hydrogen-bond donors (Lipinski definition) is 0. The van der Waals surface area contributed by atoms with E-state index >= 15 is 0 Å². The van der Waals surface area contributed by atoms with Gasteiger partial charge in [-0.25, -0.2) is 12.7 Å². The van der Waals surface area contributed by atoms with Crippen LogP contribution in [0.5, 0.6) is 0 Å². The van der Waals surface area contributed by atoms with E-state index < -0.39 is 10.0 Å². The van der Waals surface area contributed by atoms with Gasteiger partial charge in [0.2, 0.25) is 21.8 Å². The number of likely N-dealkylation sites (tertiary alicyclic amines) is 2. The topological polar surface area (TPSA) is 78.0 Å². The molecule has 0 aromatic heterocycles. The van der Waals surface area contributed by atoms with E-state index in [1.165, 1.54) is 64.6 Å². The number of sulfonamides is 1. The predicted octanol–water partition coefficient (Wildman–Crippen LogP) is 3.39. The molecule has 3 atom stereocenters. The van der Waals surface area contributed by atoms with Crippen LogP contribution in [0.1, 0.15) is 90.4 Å². The number of amides is 2. The molecule has 3 aliphatic rings. The van der Waals surface area contributed by atoms with Crippen LogP contribution in [0.15, 0.2) is 0 Å². The standard InChI is InChI=1S/C24H43N3O4S/c1-3-13-20-23-21(27(24(20)29)32(2,30)31)15-19-26(23)22(28)14-9-7-5-4-6-8-10-16-25-17-11-12-18-25/h20-21,23H,3-19H2,1-2H3/t20-,21+,23-/m1/s1. The van der Waals surface area contributed by atoms with Crippen molar-refractivity contribution in [3.63, 3.8) is 0 Å². The van der Waals surface area contributed by atoms with Crippen LogP contribution in [0.3, 0.4) is 0 Å². The lowest BCUT2D eigenvalue weighted by atomic mass is 9.94. The highest BCUT2D eigenvalue weighted by atomic mass is 32.2. The number of nitrogens with zero attached hydrogens (tertiary/aromatic N) is 3. The molecule has 184 valence electrons. The molecule has 0 bridgehead atoms. The van der Waals surface area contributed by atoms with E-state index in [4.69, 9.17) is 0 Å². The number of carbonyl (C=O) groups excluding carboxylic acids is 2. The van der Waals surface area contributed by atoms with Crippen molar-refractivity contribution in [2.75, 3.05) is 32.4 Å². The van der Waals surface area contributed by atoms with E-state index in [2.05, 4.69) is 4.90 Å². The summed E-state index contributed by atoms with van der Waals surface area (Å²) in [7, 11) is -3.60. The van der Waals surface area contributed by atoms with Gasteiger partial charge in [0, 0.05) is 13.0 Å². The van der Waals surface area contributed by atoms with Crippen molar-refractivity contribution in [3.05, 3.63) is 0 Å². The molecule has 3 fully saturated rings. The maximum atomic E-state index is 12.9. The van der Waals surface area contributed by atoms with Gasteiger partial charge in [-0.15, -0.1) is 0 Å². The molecular weight excluding hydrogens is 426 g/mol. The van der Waals surface area contributed by atoms with E-state index in [1.54, 1.807) is 0 Å². The second kappa shape index (κ2) is 11.8. The molecular formula is C24H43N3O4S. The number of carbonyl (C=O) groups is 2. The molecule has 3 heterocycles. The Kier molecular flexibility index (Phi) is 9.41. The van der Waals surface area contributed by atoms with Crippen LogP contribution >= 0.6 is 0 Å². The summed E-state index contributed by atoms with van der Waals surface area (Å²) in [6, 6.07) is -0.654. The Bertz CT molecular complexity index is 736. The first kappa shape index (κ1) is 25.5. The van der Waals surface area contributed by atoms with Gasteiger partial charge in [0.25, 0.3) is 0 Å². The summed E-state index contributed by atoms with van der Waals surface area (Å²) in [4.78, 5) is 30.2. The molecule has 3 saturated heterocycles. The van der Waals surface area contributed by atoms with Gasteiger partial charge in [0.05, 0.1) is 24.3 Å². The normalized spacial score (nSPS) is 26.3. The van der Waals surface area contributed by atoms with Gasteiger partial charge in [0.15, 0.2) is 0 Å². The first-order valence-corrected chi connectivity index (χ1v) is 14.7. The fourth-order valence-electron chi connectivity index (χ4n) is 5.96. The van der Waals surface area contributed by atoms with Gasteiger partial charge in [-0.2, -0.15) is 0 Å². The summed E-state index contributed by atoms with van der Waals surface area (Å²) < 4.78 is 25.5. The van der Waals surface area contributed by atoms with E-state index in [0.29, 0.717) is 25.8 Å². The molecule has 3 rings (SSSR count). The zero-order chi connectivity index (χ0) is 23.1. The molecule has 0 aromatic rings. The SMILES string of the molecule is CCC[C@H]1C(=O)N(S(C)(=O)=O)[C@H]2CCN(C(=O)CCCCCCCCCN3CCCC3)[C@H]12. The first-order chi connectivity index (χ1) is 15.3. The minimum Gasteiger partial charge on any atom is -0.337 e. The largest absolute Gasteiger partial charge is 0.337 e. The maximum Gasteiger partial charge on any atom is 0.241 e. The molecule has 0 radical (unpaired) electrons. The summed E-state index contributed by atoms with van der Waals surface area (Å²) in [5.41, 5.74) is 0. The van der Waals surface area contributed by atoms with Crippen molar-refractivity contribution in [2.45, 2.75) is 102 Å². The van der Waals surface area contributed by atoms with Crippen LogP contribution in [0, 0.1) is 5.92 Å². The minimum atomic E-state index is -3.60. The second-order valence-corrected chi connectivity index (χ2v) is 11.9. The predicted molar refractivity (Wildman–Crippen MR) is 127 cm³/mol. The van der Waals surface area contributed by atoms with Gasteiger partial charge in [0.1, 0.15) is 0 Å². The summed E-state index contributed by atoms with van der Waals surface area (Å²) >= 11 is 0. The van der Waals surface area contributed by atoms with Crippen LogP contribution in [-0.2, 0) is 19.6 Å². The van der Waals surface area contributed by atoms with Crippen molar-refractivity contribution in [1.82, 2.24) is 14.1 Å². The average Bonchev–Trinajstić information content (AvgIpc) is 3.44. The summed E-state index contributed by atoms with van der Waals surface area (Å²) in [5.74, 6) is -0.606. The van der Waals surface area contributed by atoms with Crippen LogP contribution < -0.4 is 0 Å². The quantitative estimate of drug-likeness (QED) is 0.386. The molecule has 3 aliphatic heterocycles. The molecule has 0 N–H and O–H groups in total. The highest BCUT2D eigenvalue weighted by Crippen LogP contribution is 2.40. The van der Waals surface area contributed by atoms with Gasteiger partial charge in [-0.05, 0) is 58.2 Å². The number of rotatable bonds is 13. The van der Waals surface area contributed by atoms with Crippen molar-refractivity contribution in [3.8, 4) is 0 Å². The van der Waals surface area contributed by atoms with Crippen LogP contribution in [-0.4, -0.2) is 78.9 Å². The van der Waals surface area contributed by atoms with Crippen LogP contribution in [0.2, 0.25) is 0 Å². The molecule has 8 heteroatoms. The molecule has 0 saturated carbocycles. The minimum absolute atomic E-state index is 0.0902. The van der Waals surface area contributed by atoms with E-state index in [9.17, 15) is 18.0 Å². The average molecular weight is 470 g/mol. The molecule has 0 aliphatic carbocycles. The summed E-state index contributed by atoms with van der Waals surface area (Å²) in [6.07, 6.45) is 14.6. The zero-order valence-corrected chi connectivity index (χ0v) is 21.0. The number of hydrogen-bond acceptors (Lipinski definition) is 5. The van der Waals surface area contributed by atoms with Crippen molar-refractivity contribution in [2.24, 2.45) is 5.92 Å². The van der Waals surface area contributed by atoms with E-state index in [0.717, 1.165) is 29.8 Å². The third-order valence-corrected chi connectivity index (χ3v) is 8.67. The van der Waals surface area contributed by atoms with Crippen molar-refractivity contribution < 1.29 is 18.0 Å². The van der Waals surface area contributed by atoms with Crippen molar-refractivity contribution >= 4 is 21.8 Å². The third kappa shape index (κ3) is 6.25. The maximum absolute atomic E-state index is 12.9. The smallest absolute Gasteiger partial charge is 0.241 e. The van der Waals surface area contributed by atoms with Gasteiger partial charge in [-0.1, -0.05) is 45.4 Å². The van der Waals surface area contributed by atoms with Gasteiger partial charge < -0.3 is 9.80 Å². The highest BCUT2D eigenvalue weighted by Gasteiger charge is 2.56. The molecule has 0 aromatic carbocycles. The van der Waals surface area contributed by atoms with Gasteiger partial charge >= 0.3 is 0 Å². The monoisotopic (exact) mass is 469 g/mol. The second-order valence-electron chi connectivity index (χ2n) is 10.00. The number of unbranched alkanes of at least 4 members (excludes halogenated alkanes) is 6. The first-order valence-electron chi connectivity index (χ1n) is 12.9. The Morgan fingerprint density at radius 2 is 1.59 bits per heavy atom. The lowest BCUT2D eigenvalue weighted by Crippen LogP contribution is -2.43. The third-order valence-electron chi connectivity index (χ3n) is 7.51. The Morgan fingerprint density at radius 3 is 2.22 bits per heavy atom. The molecule has 2 amide bonds. The Morgan fingerprint density at radius 1 is 0.969 bits per heavy atom. The zero-order valence-electron chi connectivity index (χ0n) is 20.1. The molecule has 0 spiro atoms.